The molecule has 4 heterocycles. The molecule has 0 radical (unpaired) electrons. The zero-order valence-corrected chi connectivity index (χ0v) is 31.7. The summed E-state index contributed by atoms with van der Waals surface area (Å²) in [7, 11) is 0. The van der Waals surface area contributed by atoms with E-state index in [0.717, 1.165) is 50.3 Å². The van der Waals surface area contributed by atoms with Gasteiger partial charge < -0.3 is 0 Å². The molecule has 0 atom stereocenters. The SMILES string of the molecule is c1ccc(-c2nc(-c3cc(-c4ccc5sc6ccccc6c5c4)cc(-c4ccc5sc6ccccc6c5c4)c3)cc(-c3ccccc3-c3cccnc3)n2)cc1. The second-order valence-electron chi connectivity index (χ2n) is 14.0. The fraction of sp³-hybridized carbons (Fsp3) is 0. The lowest BCUT2D eigenvalue weighted by Crippen LogP contribution is -1.97. The second-order valence-corrected chi connectivity index (χ2v) is 16.2. The summed E-state index contributed by atoms with van der Waals surface area (Å²) in [6.45, 7) is 0. The summed E-state index contributed by atoms with van der Waals surface area (Å²) < 4.78 is 5.19. The molecule has 3 nitrogen and oxygen atoms in total. The number of benzene rings is 7. The van der Waals surface area contributed by atoms with Crippen molar-refractivity contribution < 1.29 is 0 Å². The van der Waals surface area contributed by atoms with Gasteiger partial charge in [-0.3, -0.25) is 4.98 Å². The molecule has 0 spiro atoms. The number of thiophene rings is 2. The van der Waals surface area contributed by atoms with E-state index in [9.17, 15) is 0 Å². The van der Waals surface area contributed by atoms with Gasteiger partial charge in [-0.1, -0.05) is 109 Å². The van der Waals surface area contributed by atoms with Crippen molar-refractivity contribution in [3.63, 3.8) is 0 Å². The Morgan fingerprint density at radius 3 is 1.50 bits per heavy atom. The minimum absolute atomic E-state index is 0.684. The summed E-state index contributed by atoms with van der Waals surface area (Å²) in [6.07, 6.45) is 3.72. The summed E-state index contributed by atoms with van der Waals surface area (Å²) in [5.74, 6) is 0.684. The average molecular weight is 750 g/mol. The van der Waals surface area contributed by atoms with Gasteiger partial charge in [-0.2, -0.15) is 0 Å². The number of hydrogen-bond donors (Lipinski definition) is 0. The lowest BCUT2D eigenvalue weighted by Gasteiger charge is -2.15. The van der Waals surface area contributed by atoms with Crippen LogP contribution in [-0.4, -0.2) is 15.0 Å². The van der Waals surface area contributed by atoms with E-state index < -0.39 is 0 Å². The van der Waals surface area contributed by atoms with E-state index in [0.29, 0.717) is 5.82 Å². The topological polar surface area (TPSA) is 38.7 Å². The molecule has 0 saturated heterocycles. The lowest BCUT2D eigenvalue weighted by molar-refractivity contribution is 1.18. The van der Waals surface area contributed by atoms with Crippen LogP contribution in [0.1, 0.15) is 0 Å². The van der Waals surface area contributed by atoms with Crippen LogP contribution in [0.5, 0.6) is 0 Å². The molecule has 5 heteroatoms. The maximum atomic E-state index is 5.32. The molecular weight excluding hydrogens is 719 g/mol. The number of hydrogen-bond acceptors (Lipinski definition) is 5. The molecule has 0 aliphatic heterocycles. The van der Waals surface area contributed by atoms with Gasteiger partial charge in [-0.05, 0) is 94.5 Å². The van der Waals surface area contributed by atoms with E-state index in [-0.39, 0.29) is 0 Å². The third-order valence-corrected chi connectivity index (χ3v) is 12.9. The second kappa shape index (κ2) is 13.5. The largest absolute Gasteiger partial charge is 0.264 e. The molecule has 0 saturated carbocycles. The number of nitrogens with zero attached hydrogens (tertiary/aromatic N) is 3. The van der Waals surface area contributed by atoms with Crippen LogP contribution in [0.2, 0.25) is 0 Å². The number of rotatable bonds is 6. The van der Waals surface area contributed by atoms with Gasteiger partial charge in [0, 0.05) is 75.0 Å². The summed E-state index contributed by atoms with van der Waals surface area (Å²) in [6, 6.07) is 63.1. The molecule has 56 heavy (non-hydrogen) atoms. The van der Waals surface area contributed by atoms with Crippen molar-refractivity contribution >= 4 is 63.0 Å². The summed E-state index contributed by atoms with van der Waals surface area (Å²) >= 11 is 3.69. The standard InChI is InChI=1S/C51H31N3S2/c1-2-11-32(12-3-1)51-53-45(30-46(54-51)40-15-5-4-14-39(40)35-13-10-24-52-31-35)38-26-36(33-20-22-49-43(28-33)41-16-6-8-18-47(41)55-49)25-37(27-38)34-21-23-50-44(29-34)42-17-7-9-19-48(42)56-50/h1-31H. The smallest absolute Gasteiger partial charge is 0.160 e. The van der Waals surface area contributed by atoms with Crippen LogP contribution in [0.3, 0.4) is 0 Å². The molecule has 0 bridgehead atoms. The van der Waals surface area contributed by atoms with Gasteiger partial charge in [0.05, 0.1) is 11.4 Å². The number of aromatic nitrogens is 3. The fourth-order valence-corrected chi connectivity index (χ4v) is 10.0. The molecular formula is C51H31N3S2. The van der Waals surface area contributed by atoms with Gasteiger partial charge in [-0.15, -0.1) is 22.7 Å². The Labute approximate surface area is 331 Å². The number of fused-ring (bicyclic) bond motifs is 6. The Hall–Kier alpha value is -6.79. The first-order valence-corrected chi connectivity index (χ1v) is 20.3. The molecule has 11 aromatic rings. The highest BCUT2D eigenvalue weighted by Gasteiger charge is 2.17. The predicted molar refractivity (Wildman–Crippen MR) is 238 cm³/mol. The van der Waals surface area contributed by atoms with Crippen LogP contribution in [-0.2, 0) is 0 Å². The molecule has 262 valence electrons. The molecule has 0 amide bonds. The first-order valence-electron chi connectivity index (χ1n) is 18.6. The predicted octanol–water partition coefficient (Wildman–Crippen LogP) is 14.6. The molecule has 0 aliphatic rings. The molecule has 0 fully saturated rings. The van der Waals surface area contributed by atoms with Crippen molar-refractivity contribution in [2.75, 3.05) is 0 Å². The quantitative estimate of drug-likeness (QED) is 0.170. The van der Waals surface area contributed by atoms with Crippen molar-refractivity contribution in [2.45, 2.75) is 0 Å². The first kappa shape index (κ1) is 32.6. The van der Waals surface area contributed by atoms with Crippen molar-refractivity contribution in [3.8, 4) is 67.3 Å². The first-order chi connectivity index (χ1) is 27.7. The summed E-state index contributed by atoms with van der Waals surface area (Å²) in [4.78, 5) is 15.0. The molecule has 11 rings (SSSR count). The van der Waals surface area contributed by atoms with Crippen molar-refractivity contribution in [1.29, 1.82) is 0 Å². The van der Waals surface area contributed by atoms with Crippen LogP contribution >= 0.6 is 22.7 Å². The van der Waals surface area contributed by atoms with E-state index in [2.05, 4.69) is 157 Å². The van der Waals surface area contributed by atoms with Gasteiger partial charge in [0.25, 0.3) is 0 Å². The van der Waals surface area contributed by atoms with E-state index in [1.54, 1.807) is 0 Å². The van der Waals surface area contributed by atoms with E-state index in [1.807, 2.05) is 59.3 Å². The van der Waals surface area contributed by atoms with Gasteiger partial charge in [0.1, 0.15) is 0 Å². The van der Waals surface area contributed by atoms with Crippen LogP contribution in [0.4, 0.5) is 0 Å². The zero-order chi connectivity index (χ0) is 37.0. The highest BCUT2D eigenvalue weighted by atomic mass is 32.1. The van der Waals surface area contributed by atoms with Crippen LogP contribution in [0.15, 0.2) is 188 Å². The molecule has 0 N–H and O–H groups in total. The van der Waals surface area contributed by atoms with E-state index >= 15 is 0 Å². The van der Waals surface area contributed by atoms with Crippen molar-refractivity contribution in [2.24, 2.45) is 0 Å². The van der Waals surface area contributed by atoms with E-state index in [1.165, 1.54) is 51.5 Å². The van der Waals surface area contributed by atoms with Crippen LogP contribution in [0, 0.1) is 0 Å². The maximum absolute atomic E-state index is 5.32. The number of pyridine rings is 1. The van der Waals surface area contributed by atoms with Crippen LogP contribution in [0.25, 0.3) is 108 Å². The third kappa shape index (κ3) is 5.77. The van der Waals surface area contributed by atoms with Crippen molar-refractivity contribution in [3.05, 3.63) is 188 Å². The Morgan fingerprint density at radius 1 is 0.321 bits per heavy atom. The Morgan fingerprint density at radius 2 is 0.857 bits per heavy atom. The molecule has 4 aromatic heterocycles. The summed E-state index contributed by atoms with van der Waals surface area (Å²) in [5.41, 5.74) is 11.5. The van der Waals surface area contributed by atoms with Crippen LogP contribution < -0.4 is 0 Å². The zero-order valence-electron chi connectivity index (χ0n) is 30.1. The van der Waals surface area contributed by atoms with Crippen molar-refractivity contribution in [1.82, 2.24) is 15.0 Å². The lowest BCUT2D eigenvalue weighted by atomic mass is 9.93. The Kier molecular flexibility index (Phi) is 7.87. The average Bonchev–Trinajstić information content (AvgIpc) is 3.84. The highest BCUT2D eigenvalue weighted by Crippen LogP contribution is 2.41. The maximum Gasteiger partial charge on any atom is 0.160 e. The Balaban J connectivity index is 1.15. The van der Waals surface area contributed by atoms with Gasteiger partial charge in [-0.25, -0.2) is 9.97 Å². The Bertz CT molecular complexity index is 3120. The van der Waals surface area contributed by atoms with Gasteiger partial charge in [0.2, 0.25) is 0 Å². The third-order valence-electron chi connectivity index (χ3n) is 10.6. The minimum atomic E-state index is 0.684. The summed E-state index contributed by atoms with van der Waals surface area (Å²) in [5, 5.41) is 5.15. The monoisotopic (exact) mass is 749 g/mol. The van der Waals surface area contributed by atoms with E-state index in [4.69, 9.17) is 9.97 Å². The van der Waals surface area contributed by atoms with Gasteiger partial charge >= 0.3 is 0 Å². The normalized spacial score (nSPS) is 11.6. The fourth-order valence-electron chi connectivity index (χ4n) is 7.85. The molecule has 0 aliphatic carbocycles. The van der Waals surface area contributed by atoms with Gasteiger partial charge in [0.15, 0.2) is 5.82 Å². The molecule has 7 aromatic carbocycles. The minimum Gasteiger partial charge on any atom is -0.264 e. The highest BCUT2D eigenvalue weighted by molar-refractivity contribution is 7.26. The molecule has 0 unspecified atom stereocenters.